The predicted octanol–water partition coefficient (Wildman–Crippen LogP) is 3.44. The maximum atomic E-state index is 10.0. The first kappa shape index (κ1) is 20.9. The second-order valence-corrected chi connectivity index (χ2v) is 7.67. The Labute approximate surface area is 147 Å². The lowest BCUT2D eigenvalue weighted by molar-refractivity contribution is 0.0748. The fourth-order valence-electron chi connectivity index (χ4n) is 2.31. The van der Waals surface area contributed by atoms with Crippen molar-refractivity contribution >= 4 is 0 Å². The lowest BCUT2D eigenvalue weighted by Gasteiger charge is -2.21. The van der Waals surface area contributed by atoms with Crippen molar-refractivity contribution in [3.63, 3.8) is 0 Å². The topological polar surface area (TPSA) is 50.7 Å². The van der Waals surface area contributed by atoms with Crippen LogP contribution in [-0.2, 0) is 10.2 Å². The summed E-state index contributed by atoms with van der Waals surface area (Å²) in [4.78, 5) is 0. The largest absolute Gasteiger partial charge is 0.491 e. The van der Waals surface area contributed by atoms with Crippen LogP contribution in [0.1, 0.15) is 52.2 Å². The van der Waals surface area contributed by atoms with Crippen molar-refractivity contribution < 1.29 is 14.6 Å². The van der Waals surface area contributed by atoms with E-state index in [2.05, 4.69) is 38.2 Å². The number of hydrogen-bond donors (Lipinski definition) is 2. The summed E-state index contributed by atoms with van der Waals surface area (Å²) in [5, 5.41) is 13.2. The highest BCUT2D eigenvalue weighted by Gasteiger charge is 2.15. The van der Waals surface area contributed by atoms with E-state index < -0.39 is 6.10 Å². The van der Waals surface area contributed by atoms with Crippen LogP contribution in [0.4, 0.5) is 0 Å². The van der Waals surface area contributed by atoms with Crippen LogP contribution in [-0.4, -0.2) is 43.6 Å². The molecule has 0 saturated carbocycles. The zero-order chi connectivity index (χ0) is 18.2. The van der Waals surface area contributed by atoms with E-state index in [0.717, 1.165) is 30.9 Å². The molecule has 1 atom stereocenters. The average molecular weight is 338 g/mol. The second-order valence-electron chi connectivity index (χ2n) is 7.67. The van der Waals surface area contributed by atoms with Gasteiger partial charge in [-0.15, -0.1) is 0 Å². The SMILES string of the molecule is Cc1cc(C(C)(C)C)ccc1OC[C@H](O)CNCCCOC(C)C. The molecule has 0 bridgehead atoms. The van der Waals surface area contributed by atoms with E-state index in [-0.39, 0.29) is 11.5 Å². The summed E-state index contributed by atoms with van der Waals surface area (Å²) in [5.74, 6) is 0.840. The highest BCUT2D eigenvalue weighted by molar-refractivity contribution is 5.38. The smallest absolute Gasteiger partial charge is 0.122 e. The summed E-state index contributed by atoms with van der Waals surface area (Å²) < 4.78 is 11.2. The molecule has 138 valence electrons. The molecule has 0 saturated heterocycles. The first-order valence-electron chi connectivity index (χ1n) is 8.94. The fraction of sp³-hybridized carbons (Fsp3) is 0.700. The minimum Gasteiger partial charge on any atom is -0.491 e. The Balaban J connectivity index is 2.28. The van der Waals surface area contributed by atoms with Crippen molar-refractivity contribution in [3.05, 3.63) is 29.3 Å². The molecule has 4 nitrogen and oxygen atoms in total. The van der Waals surface area contributed by atoms with Gasteiger partial charge in [0.05, 0.1) is 6.10 Å². The Kier molecular flexibility index (Phi) is 8.74. The van der Waals surface area contributed by atoms with Crippen LogP contribution in [0.2, 0.25) is 0 Å². The summed E-state index contributed by atoms with van der Waals surface area (Å²) in [6.45, 7) is 15.1. The number of aliphatic hydroxyl groups excluding tert-OH is 1. The lowest BCUT2D eigenvalue weighted by atomic mass is 9.86. The highest BCUT2D eigenvalue weighted by Crippen LogP contribution is 2.27. The van der Waals surface area contributed by atoms with Crippen molar-refractivity contribution in [1.29, 1.82) is 0 Å². The number of nitrogens with one attached hydrogen (secondary N) is 1. The van der Waals surface area contributed by atoms with E-state index in [9.17, 15) is 5.11 Å². The van der Waals surface area contributed by atoms with Gasteiger partial charge in [-0.1, -0.05) is 32.9 Å². The fourth-order valence-corrected chi connectivity index (χ4v) is 2.31. The van der Waals surface area contributed by atoms with Gasteiger partial charge in [0, 0.05) is 13.2 Å². The number of aryl methyl sites for hydroxylation is 1. The molecule has 0 fully saturated rings. The van der Waals surface area contributed by atoms with Crippen molar-refractivity contribution in [2.45, 2.75) is 65.6 Å². The van der Waals surface area contributed by atoms with Crippen molar-refractivity contribution in [1.82, 2.24) is 5.32 Å². The molecule has 0 spiro atoms. The van der Waals surface area contributed by atoms with E-state index in [0.29, 0.717) is 13.2 Å². The second kappa shape index (κ2) is 10.0. The molecule has 0 aliphatic rings. The van der Waals surface area contributed by atoms with Gasteiger partial charge in [0.1, 0.15) is 18.5 Å². The Bertz CT molecular complexity index is 480. The molecule has 1 aromatic rings. The lowest BCUT2D eigenvalue weighted by Crippen LogP contribution is -2.32. The third kappa shape index (κ3) is 8.13. The zero-order valence-electron chi connectivity index (χ0n) is 16.2. The van der Waals surface area contributed by atoms with Crippen LogP contribution in [0.15, 0.2) is 18.2 Å². The van der Waals surface area contributed by atoms with Crippen LogP contribution < -0.4 is 10.1 Å². The summed E-state index contributed by atoms with van der Waals surface area (Å²) >= 11 is 0. The normalized spacial score (nSPS) is 13.3. The van der Waals surface area contributed by atoms with Crippen LogP contribution >= 0.6 is 0 Å². The van der Waals surface area contributed by atoms with Crippen LogP contribution in [0, 0.1) is 6.92 Å². The molecule has 0 aliphatic heterocycles. The summed E-state index contributed by atoms with van der Waals surface area (Å²) in [6, 6.07) is 6.26. The highest BCUT2D eigenvalue weighted by atomic mass is 16.5. The number of hydrogen-bond acceptors (Lipinski definition) is 4. The average Bonchev–Trinajstić information content (AvgIpc) is 2.48. The first-order valence-corrected chi connectivity index (χ1v) is 8.94. The molecule has 1 rings (SSSR count). The molecule has 0 heterocycles. The predicted molar refractivity (Wildman–Crippen MR) is 100.0 cm³/mol. The minimum atomic E-state index is -0.516. The molecular formula is C20H35NO3. The van der Waals surface area contributed by atoms with Crippen molar-refractivity contribution in [3.8, 4) is 5.75 Å². The van der Waals surface area contributed by atoms with Crippen molar-refractivity contribution in [2.24, 2.45) is 0 Å². The number of rotatable bonds is 10. The monoisotopic (exact) mass is 337 g/mol. The Morgan fingerprint density at radius 1 is 1.21 bits per heavy atom. The quantitative estimate of drug-likeness (QED) is 0.642. The van der Waals surface area contributed by atoms with Crippen LogP contribution in [0.3, 0.4) is 0 Å². The standard InChI is InChI=1S/C20H35NO3/c1-15(2)23-11-7-10-21-13-18(22)14-24-19-9-8-17(12-16(19)3)20(4,5)6/h8-9,12,15,18,21-22H,7,10-11,13-14H2,1-6H3/t18-/m1/s1. The molecule has 4 heteroatoms. The van der Waals surface area contributed by atoms with Gasteiger partial charge in [0.25, 0.3) is 0 Å². The van der Waals surface area contributed by atoms with Gasteiger partial charge < -0.3 is 19.9 Å². The van der Waals surface area contributed by atoms with Gasteiger partial charge in [0.2, 0.25) is 0 Å². The van der Waals surface area contributed by atoms with Gasteiger partial charge in [-0.05, 0) is 56.3 Å². The van der Waals surface area contributed by atoms with Crippen LogP contribution in [0.5, 0.6) is 5.75 Å². The summed E-state index contributed by atoms with van der Waals surface area (Å²) in [5.41, 5.74) is 2.53. The van der Waals surface area contributed by atoms with E-state index in [1.807, 2.05) is 26.8 Å². The van der Waals surface area contributed by atoms with Crippen molar-refractivity contribution in [2.75, 3.05) is 26.3 Å². The molecule has 0 aliphatic carbocycles. The van der Waals surface area contributed by atoms with E-state index in [4.69, 9.17) is 9.47 Å². The van der Waals surface area contributed by atoms with Gasteiger partial charge in [-0.3, -0.25) is 0 Å². The van der Waals surface area contributed by atoms with E-state index in [1.54, 1.807) is 0 Å². The third-order valence-corrected chi connectivity index (χ3v) is 3.80. The Hall–Kier alpha value is -1.10. The minimum absolute atomic E-state index is 0.131. The van der Waals surface area contributed by atoms with Gasteiger partial charge in [-0.25, -0.2) is 0 Å². The van der Waals surface area contributed by atoms with E-state index in [1.165, 1.54) is 5.56 Å². The van der Waals surface area contributed by atoms with Gasteiger partial charge >= 0.3 is 0 Å². The molecule has 0 unspecified atom stereocenters. The molecule has 2 N–H and O–H groups in total. The van der Waals surface area contributed by atoms with E-state index >= 15 is 0 Å². The Morgan fingerprint density at radius 2 is 1.92 bits per heavy atom. The number of ether oxygens (including phenoxy) is 2. The molecule has 24 heavy (non-hydrogen) atoms. The van der Waals surface area contributed by atoms with Gasteiger partial charge in [0.15, 0.2) is 0 Å². The zero-order valence-corrected chi connectivity index (χ0v) is 16.2. The Morgan fingerprint density at radius 3 is 2.50 bits per heavy atom. The maximum absolute atomic E-state index is 10.0. The molecule has 1 aromatic carbocycles. The first-order chi connectivity index (χ1) is 11.2. The molecule has 0 radical (unpaired) electrons. The summed E-state index contributed by atoms with van der Waals surface area (Å²) in [6.07, 6.45) is 0.702. The molecule has 0 aromatic heterocycles. The number of benzene rings is 1. The molecular weight excluding hydrogens is 302 g/mol. The number of aliphatic hydroxyl groups is 1. The van der Waals surface area contributed by atoms with Gasteiger partial charge in [-0.2, -0.15) is 0 Å². The third-order valence-electron chi connectivity index (χ3n) is 3.80. The maximum Gasteiger partial charge on any atom is 0.122 e. The summed E-state index contributed by atoms with van der Waals surface area (Å²) in [7, 11) is 0. The molecule has 0 amide bonds. The van der Waals surface area contributed by atoms with Crippen LogP contribution in [0.25, 0.3) is 0 Å².